The topological polar surface area (TPSA) is 0 Å². The number of thiophene rings is 1. The van der Waals surface area contributed by atoms with Gasteiger partial charge in [-0.2, -0.15) is 0 Å². The third-order valence-corrected chi connectivity index (χ3v) is 4.10. The maximum Gasteiger partial charge on any atom is 0.0507 e. The van der Waals surface area contributed by atoms with Crippen molar-refractivity contribution in [2.45, 2.75) is 30.6 Å². The Morgan fingerprint density at radius 1 is 1.45 bits per heavy atom. The highest BCUT2D eigenvalue weighted by atomic mass is 127. The van der Waals surface area contributed by atoms with Crippen LogP contribution in [0.2, 0.25) is 0 Å². The summed E-state index contributed by atoms with van der Waals surface area (Å²) in [5.74, 6) is 0. The van der Waals surface area contributed by atoms with Crippen molar-refractivity contribution in [3.8, 4) is 0 Å². The minimum Gasteiger partial charge on any atom is -0.144 e. The lowest BCUT2D eigenvalue weighted by Crippen LogP contribution is -2.02. The van der Waals surface area contributed by atoms with E-state index in [1.54, 1.807) is 0 Å². The molecule has 1 aromatic rings. The number of aryl methyl sites for hydroxylation is 1. The SMILES string of the molecule is CCc1ccc(C(C)(C)I)s1. The number of hydrogen-bond acceptors (Lipinski definition) is 1. The highest BCUT2D eigenvalue weighted by Crippen LogP contribution is 2.35. The first kappa shape index (κ1) is 9.52. The van der Waals surface area contributed by atoms with Crippen molar-refractivity contribution in [3.05, 3.63) is 21.9 Å². The lowest BCUT2D eigenvalue weighted by Gasteiger charge is -2.12. The molecular formula is C9H13IS. The first-order valence-corrected chi connectivity index (χ1v) is 5.71. The summed E-state index contributed by atoms with van der Waals surface area (Å²) in [7, 11) is 0. The standard InChI is InChI=1S/C9H13IS/c1-4-7-5-6-8(11-7)9(2,3)10/h5-6H,4H2,1-3H3. The molecule has 0 bridgehead atoms. The molecule has 0 N–H and O–H groups in total. The van der Waals surface area contributed by atoms with Crippen LogP contribution in [0.15, 0.2) is 12.1 Å². The summed E-state index contributed by atoms with van der Waals surface area (Å²) in [4.78, 5) is 2.97. The Balaban J connectivity index is 2.89. The van der Waals surface area contributed by atoms with Gasteiger partial charge in [0.25, 0.3) is 0 Å². The summed E-state index contributed by atoms with van der Waals surface area (Å²) in [5.41, 5.74) is 0. The van der Waals surface area contributed by atoms with Gasteiger partial charge in [-0.05, 0) is 32.4 Å². The van der Waals surface area contributed by atoms with Crippen molar-refractivity contribution >= 4 is 33.9 Å². The number of hydrogen-bond donors (Lipinski definition) is 0. The molecule has 0 saturated carbocycles. The van der Waals surface area contributed by atoms with E-state index < -0.39 is 0 Å². The third-order valence-electron chi connectivity index (χ3n) is 1.60. The Morgan fingerprint density at radius 3 is 2.36 bits per heavy atom. The zero-order valence-electron chi connectivity index (χ0n) is 7.15. The van der Waals surface area contributed by atoms with Crippen molar-refractivity contribution in [1.29, 1.82) is 0 Å². The van der Waals surface area contributed by atoms with Crippen LogP contribution < -0.4 is 0 Å². The molecule has 0 amide bonds. The predicted octanol–water partition coefficient (Wildman–Crippen LogP) is 3.98. The smallest absolute Gasteiger partial charge is 0.0507 e. The van der Waals surface area contributed by atoms with E-state index >= 15 is 0 Å². The minimum atomic E-state index is 0.301. The molecule has 0 atom stereocenters. The first-order valence-electron chi connectivity index (χ1n) is 3.82. The molecule has 0 aliphatic carbocycles. The molecule has 0 radical (unpaired) electrons. The van der Waals surface area contributed by atoms with Crippen LogP contribution in [-0.4, -0.2) is 0 Å². The third kappa shape index (κ3) is 2.44. The van der Waals surface area contributed by atoms with E-state index in [0.29, 0.717) is 3.42 Å². The molecule has 0 spiro atoms. The molecule has 0 aromatic carbocycles. The maximum absolute atomic E-state index is 2.48. The number of halogens is 1. The molecule has 0 nitrogen and oxygen atoms in total. The first-order chi connectivity index (χ1) is 5.04. The summed E-state index contributed by atoms with van der Waals surface area (Å²) >= 11 is 4.41. The van der Waals surface area contributed by atoms with Gasteiger partial charge in [0.1, 0.15) is 0 Å². The van der Waals surface area contributed by atoms with E-state index in [1.807, 2.05) is 11.3 Å². The average molecular weight is 280 g/mol. The van der Waals surface area contributed by atoms with Gasteiger partial charge in [0.2, 0.25) is 0 Å². The van der Waals surface area contributed by atoms with Gasteiger partial charge in [0.05, 0.1) is 3.42 Å². The van der Waals surface area contributed by atoms with Gasteiger partial charge in [-0.3, -0.25) is 0 Å². The highest BCUT2D eigenvalue weighted by Gasteiger charge is 2.17. The molecule has 0 aliphatic rings. The predicted molar refractivity (Wildman–Crippen MR) is 60.7 cm³/mol. The van der Waals surface area contributed by atoms with Crippen LogP contribution in [0.3, 0.4) is 0 Å². The van der Waals surface area contributed by atoms with E-state index in [1.165, 1.54) is 9.75 Å². The minimum absolute atomic E-state index is 0.301. The molecule has 1 aromatic heterocycles. The monoisotopic (exact) mass is 280 g/mol. The maximum atomic E-state index is 2.48. The van der Waals surface area contributed by atoms with Gasteiger partial charge in [-0.25, -0.2) is 0 Å². The zero-order valence-corrected chi connectivity index (χ0v) is 10.1. The zero-order chi connectivity index (χ0) is 8.48. The van der Waals surface area contributed by atoms with E-state index in [0.717, 1.165) is 6.42 Å². The number of alkyl halides is 1. The Hall–Kier alpha value is 0.430. The van der Waals surface area contributed by atoms with Crippen LogP contribution in [0, 0.1) is 0 Å². The molecule has 11 heavy (non-hydrogen) atoms. The largest absolute Gasteiger partial charge is 0.144 e. The average Bonchev–Trinajstić information content (AvgIpc) is 2.32. The van der Waals surface area contributed by atoms with Crippen LogP contribution in [-0.2, 0) is 9.84 Å². The molecule has 0 saturated heterocycles. The van der Waals surface area contributed by atoms with Crippen LogP contribution in [0.4, 0.5) is 0 Å². The lowest BCUT2D eigenvalue weighted by molar-refractivity contribution is 0.848. The summed E-state index contributed by atoms with van der Waals surface area (Å²) in [6.45, 7) is 6.70. The second-order valence-electron chi connectivity index (χ2n) is 3.09. The Morgan fingerprint density at radius 2 is 2.09 bits per heavy atom. The highest BCUT2D eigenvalue weighted by molar-refractivity contribution is 14.1. The summed E-state index contributed by atoms with van der Waals surface area (Å²) in [6.07, 6.45) is 1.16. The van der Waals surface area contributed by atoms with Crippen molar-refractivity contribution in [1.82, 2.24) is 0 Å². The molecule has 1 heterocycles. The van der Waals surface area contributed by atoms with Gasteiger partial charge >= 0.3 is 0 Å². The molecule has 0 fully saturated rings. The van der Waals surface area contributed by atoms with Gasteiger partial charge in [0, 0.05) is 9.75 Å². The van der Waals surface area contributed by atoms with Gasteiger partial charge in [-0.15, -0.1) is 11.3 Å². The fraction of sp³-hybridized carbons (Fsp3) is 0.556. The normalized spacial score (nSPS) is 12.0. The van der Waals surface area contributed by atoms with E-state index in [9.17, 15) is 0 Å². The number of rotatable bonds is 2. The molecule has 62 valence electrons. The van der Waals surface area contributed by atoms with E-state index in [-0.39, 0.29) is 0 Å². The van der Waals surface area contributed by atoms with Crippen molar-refractivity contribution in [3.63, 3.8) is 0 Å². The van der Waals surface area contributed by atoms with E-state index in [2.05, 4.69) is 55.5 Å². The summed E-state index contributed by atoms with van der Waals surface area (Å²) in [5, 5.41) is 0. The van der Waals surface area contributed by atoms with Crippen LogP contribution in [0.1, 0.15) is 30.5 Å². The molecule has 0 aliphatic heterocycles. The Bertz CT molecular complexity index is 232. The second kappa shape index (κ2) is 3.44. The summed E-state index contributed by atoms with van der Waals surface area (Å²) < 4.78 is 0.301. The second-order valence-corrected chi connectivity index (χ2v) is 6.96. The van der Waals surface area contributed by atoms with Crippen molar-refractivity contribution in [2.24, 2.45) is 0 Å². The fourth-order valence-corrected chi connectivity index (χ4v) is 2.34. The van der Waals surface area contributed by atoms with E-state index in [4.69, 9.17) is 0 Å². The Labute approximate surface area is 86.2 Å². The van der Waals surface area contributed by atoms with Crippen LogP contribution in [0.5, 0.6) is 0 Å². The van der Waals surface area contributed by atoms with Gasteiger partial charge in [-0.1, -0.05) is 29.5 Å². The fourth-order valence-electron chi connectivity index (χ4n) is 0.887. The quantitative estimate of drug-likeness (QED) is 0.568. The van der Waals surface area contributed by atoms with Crippen molar-refractivity contribution in [2.75, 3.05) is 0 Å². The summed E-state index contributed by atoms with van der Waals surface area (Å²) in [6, 6.07) is 4.48. The van der Waals surface area contributed by atoms with Crippen LogP contribution in [0.25, 0.3) is 0 Å². The van der Waals surface area contributed by atoms with Gasteiger partial charge < -0.3 is 0 Å². The molecular weight excluding hydrogens is 267 g/mol. The molecule has 0 unspecified atom stereocenters. The molecule has 1 rings (SSSR count). The van der Waals surface area contributed by atoms with Crippen LogP contribution >= 0.6 is 33.9 Å². The van der Waals surface area contributed by atoms with Gasteiger partial charge in [0.15, 0.2) is 0 Å². The Kier molecular flexibility index (Phi) is 2.97. The lowest BCUT2D eigenvalue weighted by atomic mass is 10.2. The van der Waals surface area contributed by atoms with Crippen molar-refractivity contribution < 1.29 is 0 Å². The molecule has 2 heteroatoms.